The van der Waals surface area contributed by atoms with Gasteiger partial charge in [-0.05, 0) is 56.3 Å². The molecule has 0 saturated heterocycles. The molecule has 0 spiro atoms. The minimum absolute atomic E-state index is 0.00938. The second-order valence-electron chi connectivity index (χ2n) is 5.58. The summed E-state index contributed by atoms with van der Waals surface area (Å²) in [5.74, 6) is 0.683. The van der Waals surface area contributed by atoms with Crippen LogP contribution in [0.4, 0.5) is 0 Å². The molecule has 3 nitrogen and oxygen atoms in total. The second-order valence-corrected chi connectivity index (χ2v) is 5.58. The van der Waals surface area contributed by atoms with Gasteiger partial charge in [0.05, 0.1) is 0 Å². The summed E-state index contributed by atoms with van der Waals surface area (Å²) in [6.45, 7) is 7.07. The van der Waals surface area contributed by atoms with Crippen LogP contribution in [-0.2, 0) is 6.42 Å². The van der Waals surface area contributed by atoms with Gasteiger partial charge in [0.2, 0.25) is 0 Å². The zero-order valence-electron chi connectivity index (χ0n) is 12.3. The summed E-state index contributed by atoms with van der Waals surface area (Å²) in [5, 5.41) is 3.05. The minimum atomic E-state index is 0.00938. The number of rotatable bonds is 7. The Kier molecular flexibility index (Phi) is 6.57. The predicted octanol–water partition coefficient (Wildman–Crippen LogP) is 2.74. The first-order chi connectivity index (χ1) is 9.02. The highest BCUT2D eigenvalue weighted by Gasteiger charge is 2.10. The molecular weight excluding hydrogens is 236 g/mol. The lowest BCUT2D eigenvalue weighted by atomic mass is 10.0. The van der Waals surface area contributed by atoms with Crippen molar-refractivity contribution in [3.8, 4) is 0 Å². The lowest BCUT2D eigenvalue weighted by molar-refractivity contribution is 0.0937. The first kappa shape index (κ1) is 15.7. The van der Waals surface area contributed by atoms with E-state index in [1.165, 1.54) is 0 Å². The van der Waals surface area contributed by atoms with E-state index in [2.05, 4.69) is 26.1 Å². The molecule has 1 rings (SSSR count). The number of amides is 1. The summed E-state index contributed by atoms with van der Waals surface area (Å²) in [7, 11) is 0. The third-order valence-corrected chi connectivity index (χ3v) is 3.18. The number of hydrogen-bond acceptors (Lipinski definition) is 2. The average molecular weight is 262 g/mol. The first-order valence-electron chi connectivity index (χ1n) is 7.12. The molecule has 19 heavy (non-hydrogen) atoms. The van der Waals surface area contributed by atoms with Crippen molar-refractivity contribution in [2.45, 2.75) is 46.1 Å². The van der Waals surface area contributed by atoms with Crippen molar-refractivity contribution in [2.75, 3.05) is 6.54 Å². The highest BCUT2D eigenvalue weighted by atomic mass is 16.1. The van der Waals surface area contributed by atoms with E-state index >= 15 is 0 Å². The molecule has 0 heterocycles. The first-order valence-corrected chi connectivity index (χ1v) is 7.12. The number of nitrogens with one attached hydrogen (secondary N) is 1. The molecule has 1 amide bonds. The number of hydrogen-bond donors (Lipinski definition) is 2. The Balaban J connectivity index is 2.55. The molecule has 1 aromatic rings. The van der Waals surface area contributed by atoms with Crippen molar-refractivity contribution in [3.63, 3.8) is 0 Å². The van der Waals surface area contributed by atoms with Crippen molar-refractivity contribution in [2.24, 2.45) is 11.7 Å². The smallest absolute Gasteiger partial charge is 0.251 e. The Labute approximate surface area is 116 Å². The van der Waals surface area contributed by atoms with Gasteiger partial charge in [-0.3, -0.25) is 4.79 Å². The number of carbonyl (C=O) groups is 1. The molecule has 0 fully saturated rings. The minimum Gasteiger partial charge on any atom is -0.350 e. The van der Waals surface area contributed by atoms with Gasteiger partial charge >= 0.3 is 0 Å². The maximum atomic E-state index is 12.1. The van der Waals surface area contributed by atoms with Crippen LogP contribution in [0.25, 0.3) is 0 Å². The van der Waals surface area contributed by atoms with Crippen LogP contribution in [0.3, 0.4) is 0 Å². The number of carbonyl (C=O) groups excluding carboxylic acids is 1. The maximum Gasteiger partial charge on any atom is 0.251 e. The lowest BCUT2D eigenvalue weighted by Crippen LogP contribution is -2.32. The summed E-state index contributed by atoms with van der Waals surface area (Å²) < 4.78 is 0. The molecule has 1 aromatic carbocycles. The van der Waals surface area contributed by atoms with Gasteiger partial charge in [0.25, 0.3) is 5.91 Å². The highest BCUT2D eigenvalue weighted by Crippen LogP contribution is 2.09. The van der Waals surface area contributed by atoms with Crippen molar-refractivity contribution < 1.29 is 4.79 Å². The molecule has 0 aromatic heterocycles. The van der Waals surface area contributed by atoms with Gasteiger partial charge < -0.3 is 11.1 Å². The van der Waals surface area contributed by atoms with Crippen molar-refractivity contribution in [1.29, 1.82) is 0 Å². The second kappa shape index (κ2) is 7.95. The van der Waals surface area contributed by atoms with E-state index in [0.29, 0.717) is 12.5 Å². The van der Waals surface area contributed by atoms with Crippen molar-refractivity contribution in [1.82, 2.24) is 5.32 Å². The van der Waals surface area contributed by atoms with Crippen LogP contribution in [0.5, 0.6) is 0 Å². The van der Waals surface area contributed by atoms with E-state index in [-0.39, 0.29) is 11.9 Å². The zero-order chi connectivity index (χ0) is 14.3. The van der Waals surface area contributed by atoms with Gasteiger partial charge in [-0.25, -0.2) is 0 Å². The van der Waals surface area contributed by atoms with E-state index in [4.69, 9.17) is 5.73 Å². The number of nitrogens with two attached hydrogens (primary N) is 1. The molecule has 1 atom stereocenters. The maximum absolute atomic E-state index is 12.1. The van der Waals surface area contributed by atoms with Gasteiger partial charge in [-0.2, -0.15) is 0 Å². The van der Waals surface area contributed by atoms with Gasteiger partial charge in [0.15, 0.2) is 0 Å². The highest BCUT2D eigenvalue weighted by molar-refractivity contribution is 5.94. The molecule has 106 valence electrons. The van der Waals surface area contributed by atoms with Crippen LogP contribution in [-0.4, -0.2) is 18.5 Å². The van der Waals surface area contributed by atoms with Gasteiger partial charge in [-0.1, -0.05) is 26.0 Å². The SMILES string of the molecule is CC(C)CCC(C)NC(=O)c1cccc(CCN)c1. The molecule has 0 bridgehead atoms. The Morgan fingerprint density at radius 3 is 2.63 bits per heavy atom. The van der Waals surface area contributed by atoms with Crippen LogP contribution in [0.15, 0.2) is 24.3 Å². The molecule has 0 aliphatic carbocycles. The molecular formula is C16H26N2O. The molecule has 0 aliphatic heterocycles. The quantitative estimate of drug-likeness (QED) is 0.794. The standard InChI is InChI=1S/C16H26N2O/c1-12(2)7-8-13(3)18-16(19)15-6-4-5-14(11-15)9-10-17/h4-6,11-13H,7-10,17H2,1-3H3,(H,18,19). The van der Waals surface area contributed by atoms with E-state index in [0.717, 1.165) is 30.4 Å². The molecule has 3 N–H and O–H groups in total. The molecule has 0 saturated carbocycles. The molecule has 0 radical (unpaired) electrons. The third-order valence-electron chi connectivity index (χ3n) is 3.18. The summed E-state index contributed by atoms with van der Waals surface area (Å²) in [4.78, 5) is 12.1. The summed E-state index contributed by atoms with van der Waals surface area (Å²) in [5.41, 5.74) is 7.37. The molecule has 1 unspecified atom stereocenters. The van der Waals surface area contributed by atoms with E-state index in [1.54, 1.807) is 0 Å². The van der Waals surface area contributed by atoms with Crippen LogP contribution < -0.4 is 11.1 Å². The summed E-state index contributed by atoms with van der Waals surface area (Å²) in [6, 6.07) is 7.92. The van der Waals surface area contributed by atoms with Gasteiger partial charge in [0.1, 0.15) is 0 Å². The lowest BCUT2D eigenvalue weighted by Gasteiger charge is -2.15. The fraction of sp³-hybridized carbons (Fsp3) is 0.562. The van der Waals surface area contributed by atoms with Crippen LogP contribution in [0.1, 0.15) is 49.5 Å². The van der Waals surface area contributed by atoms with Crippen molar-refractivity contribution >= 4 is 5.91 Å². The van der Waals surface area contributed by atoms with Crippen LogP contribution in [0.2, 0.25) is 0 Å². The fourth-order valence-electron chi connectivity index (χ4n) is 2.00. The molecule has 3 heteroatoms. The Hall–Kier alpha value is -1.35. The summed E-state index contributed by atoms with van der Waals surface area (Å²) >= 11 is 0. The fourth-order valence-corrected chi connectivity index (χ4v) is 2.00. The Morgan fingerprint density at radius 2 is 2.00 bits per heavy atom. The predicted molar refractivity (Wildman–Crippen MR) is 80.2 cm³/mol. The van der Waals surface area contributed by atoms with Crippen LogP contribution >= 0.6 is 0 Å². The third kappa shape index (κ3) is 5.88. The van der Waals surface area contributed by atoms with Crippen molar-refractivity contribution in [3.05, 3.63) is 35.4 Å². The van der Waals surface area contributed by atoms with E-state index in [1.807, 2.05) is 24.3 Å². The molecule has 0 aliphatic rings. The van der Waals surface area contributed by atoms with Gasteiger partial charge in [0, 0.05) is 11.6 Å². The normalized spacial score (nSPS) is 12.5. The average Bonchev–Trinajstić information content (AvgIpc) is 2.37. The van der Waals surface area contributed by atoms with Crippen LogP contribution in [0, 0.1) is 5.92 Å². The van der Waals surface area contributed by atoms with E-state index < -0.39 is 0 Å². The van der Waals surface area contributed by atoms with E-state index in [9.17, 15) is 4.79 Å². The van der Waals surface area contributed by atoms with Gasteiger partial charge in [-0.15, -0.1) is 0 Å². The monoisotopic (exact) mass is 262 g/mol. The zero-order valence-corrected chi connectivity index (χ0v) is 12.3. The Morgan fingerprint density at radius 1 is 1.26 bits per heavy atom. The largest absolute Gasteiger partial charge is 0.350 e. The summed E-state index contributed by atoms with van der Waals surface area (Å²) in [6.07, 6.45) is 2.96. The Bertz CT molecular complexity index is 401. The number of benzene rings is 1. The topological polar surface area (TPSA) is 55.1 Å².